The summed E-state index contributed by atoms with van der Waals surface area (Å²) in [6.45, 7) is 1.86. The molecule has 0 spiro atoms. The van der Waals surface area contributed by atoms with Crippen LogP contribution in [0.1, 0.15) is 30.8 Å². The number of nitrogens with one attached hydrogen (secondary N) is 2. The number of hydrogen-bond acceptors (Lipinski definition) is 4. The molecule has 0 fully saturated rings. The quantitative estimate of drug-likeness (QED) is 0.703. The van der Waals surface area contributed by atoms with Gasteiger partial charge in [0, 0.05) is 12.1 Å². The first kappa shape index (κ1) is 13.1. The van der Waals surface area contributed by atoms with Gasteiger partial charge in [-0.2, -0.15) is 5.10 Å². The largest absolute Gasteiger partial charge is 0.399 e. The van der Waals surface area contributed by atoms with Crippen molar-refractivity contribution in [3.63, 3.8) is 0 Å². The zero-order valence-corrected chi connectivity index (χ0v) is 10.8. The molecule has 1 amide bonds. The van der Waals surface area contributed by atoms with Gasteiger partial charge in [0.2, 0.25) is 5.91 Å². The summed E-state index contributed by atoms with van der Waals surface area (Å²) in [5, 5.41) is 9.34. The summed E-state index contributed by atoms with van der Waals surface area (Å²) >= 11 is 0. The number of carbonyl (C=O) groups excluding carboxylic acids is 1. The second-order valence-corrected chi connectivity index (χ2v) is 4.36. The number of H-pyrrole nitrogens is 1. The van der Waals surface area contributed by atoms with Crippen molar-refractivity contribution in [2.45, 2.75) is 25.8 Å². The molecule has 6 heteroatoms. The summed E-state index contributed by atoms with van der Waals surface area (Å²) < 4.78 is 0. The molecule has 0 bridgehead atoms. The van der Waals surface area contributed by atoms with Gasteiger partial charge in [0.05, 0.1) is 6.04 Å². The Morgan fingerprint density at radius 2 is 2.26 bits per heavy atom. The maximum atomic E-state index is 11.8. The van der Waals surface area contributed by atoms with E-state index in [4.69, 9.17) is 5.73 Å². The van der Waals surface area contributed by atoms with Gasteiger partial charge in [-0.05, 0) is 25.0 Å². The Hall–Kier alpha value is -2.37. The third kappa shape index (κ3) is 3.54. The van der Waals surface area contributed by atoms with Crippen molar-refractivity contribution in [2.75, 3.05) is 5.73 Å². The van der Waals surface area contributed by atoms with Crippen LogP contribution >= 0.6 is 0 Å². The van der Waals surface area contributed by atoms with Crippen LogP contribution < -0.4 is 11.1 Å². The minimum absolute atomic E-state index is 0.0350. The Labute approximate surface area is 111 Å². The van der Waals surface area contributed by atoms with Crippen molar-refractivity contribution in [3.05, 3.63) is 42.0 Å². The number of nitrogens with two attached hydrogens (primary N) is 1. The fourth-order valence-electron chi connectivity index (χ4n) is 1.82. The molecule has 1 aromatic carbocycles. The van der Waals surface area contributed by atoms with Crippen molar-refractivity contribution in [3.8, 4) is 0 Å². The molecule has 2 aromatic rings. The topological polar surface area (TPSA) is 96.7 Å². The smallest absolute Gasteiger partial charge is 0.220 e. The fraction of sp³-hybridized carbons (Fsp3) is 0.308. The van der Waals surface area contributed by atoms with Crippen LogP contribution in [0, 0.1) is 0 Å². The van der Waals surface area contributed by atoms with E-state index in [0.717, 1.165) is 11.3 Å². The lowest BCUT2D eigenvalue weighted by Crippen LogP contribution is -2.27. The molecule has 1 unspecified atom stereocenters. The van der Waals surface area contributed by atoms with Gasteiger partial charge >= 0.3 is 0 Å². The van der Waals surface area contributed by atoms with Crippen LogP contribution in [0.5, 0.6) is 0 Å². The lowest BCUT2D eigenvalue weighted by molar-refractivity contribution is -0.121. The van der Waals surface area contributed by atoms with E-state index in [-0.39, 0.29) is 11.9 Å². The van der Waals surface area contributed by atoms with Crippen molar-refractivity contribution in [2.24, 2.45) is 0 Å². The van der Waals surface area contributed by atoms with Crippen LogP contribution in [0.4, 0.5) is 5.69 Å². The predicted molar refractivity (Wildman–Crippen MR) is 72.1 cm³/mol. The number of amides is 1. The van der Waals surface area contributed by atoms with E-state index < -0.39 is 0 Å². The summed E-state index contributed by atoms with van der Waals surface area (Å²) in [5.41, 5.74) is 7.54. The van der Waals surface area contributed by atoms with Gasteiger partial charge in [-0.1, -0.05) is 18.2 Å². The minimum atomic E-state index is -0.178. The molecule has 0 aliphatic rings. The molecule has 0 aliphatic heterocycles. The van der Waals surface area contributed by atoms with E-state index in [9.17, 15) is 4.79 Å². The second-order valence-electron chi connectivity index (χ2n) is 4.36. The first-order valence-corrected chi connectivity index (χ1v) is 6.15. The number of rotatable bonds is 5. The fourth-order valence-corrected chi connectivity index (χ4v) is 1.82. The van der Waals surface area contributed by atoms with Gasteiger partial charge in [0.25, 0.3) is 0 Å². The van der Waals surface area contributed by atoms with Crippen molar-refractivity contribution in [1.82, 2.24) is 20.5 Å². The number of anilines is 1. The lowest BCUT2D eigenvalue weighted by atomic mass is 10.1. The third-order valence-corrected chi connectivity index (χ3v) is 2.90. The highest BCUT2D eigenvalue weighted by atomic mass is 16.1. The van der Waals surface area contributed by atoms with Crippen molar-refractivity contribution < 1.29 is 4.79 Å². The molecule has 4 N–H and O–H groups in total. The van der Waals surface area contributed by atoms with Gasteiger partial charge in [-0.25, -0.2) is 4.98 Å². The molecule has 19 heavy (non-hydrogen) atoms. The number of nitrogen functional groups attached to an aromatic ring is 1. The monoisotopic (exact) mass is 259 g/mol. The van der Waals surface area contributed by atoms with Gasteiger partial charge in [-0.3, -0.25) is 9.89 Å². The van der Waals surface area contributed by atoms with Crippen molar-refractivity contribution >= 4 is 11.6 Å². The van der Waals surface area contributed by atoms with Crippen LogP contribution in [0.2, 0.25) is 0 Å². The summed E-state index contributed by atoms with van der Waals surface area (Å²) in [4.78, 5) is 15.8. The Morgan fingerprint density at radius 1 is 1.47 bits per heavy atom. The summed E-state index contributed by atoms with van der Waals surface area (Å²) in [6, 6.07) is 7.39. The van der Waals surface area contributed by atoms with E-state index in [2.05, 4.69) is 20.5 Å². The first-order chi connectivity index (χ1) is 9.16. The predicted octanol–water partition coefficient (Wildman–Crippen LogP) is 1.20. The van der Waals surface area contributed by atoms with Crippen LogP contribution in [-0.2, 0) is 11.2 Å². The summed E-state index contributed by atoms with van der Waals surface area (Å²) in [6.07, 6.45) is 2.44. The molecule has 100 valence electrons. The Bertz CT molecular complexity index is 538. The average molecular weight is 259 g/mol. The summed E-state index contributed by atoms with van der Waals surface area (Å²) in [5.74, 6) is 0.611. The highest BCUT2D eigenvalue weighted by molar-refractivity contribution is 5.76. The zero-order chi connectivity index (χ0) is 13.7. The molecule has 2 rings (SSSR count). The third-order valence-electron chi connectivity index (χ3n) is 2.90. The Kier molecular flexibility index (Phi) is 4.12. The molecule has 0 saturated carbocycles. The van der Waals surface area contributed by atoms with E-state index in [0.29, 0.717) is 18.7 Å². The van der Waals surface area contributed by atoms with Crippen molar-refractivity contribution in [1.29, 1.82) is 0 Å². The standard InChI is InChI=1S/C13H17N5O/c1-9(13-15-8-16-18-13)17-12(19)7-6-10-4-2-3-5-11(10)14/h2-5,8-9H,6-7,14H2,1H3,(H,17,19)(H,15,16,18). The molecular weight excluding hydrogens is 242 g/mol. The highest BCUT2D eigenvalue weighted by Crippen LogP contribution is 2.13. The number of hydrogen-bond donors (Lipinski definition) is 3. The lowest BCUT2D eigenvalue weighted by Gasteiger charge is -2.11. The molecule has 1 atom stereocenters. The van der Waals surface area contributed by atoms with E-state index in [1.807, 2.05) is 31.2 Å². The second kappa shape index (κ2) is 5.99. The number of aromatic nitrogens is 3. The Morgan fingerprint density at radius 3 is 2.95 bits per heavy atom. The Balaban J connectivity index is 1.84. The van der Waals surface area contributed by atoms with E-state index in [1.165, 1.54) is 6.33 Å². The van der Waals surface area contributed by atoms with Crippen LogP contribution in [0.15, 0.2) is 30.6 Å². The average Bonchev–Trinajstić information content (AvgIpc) is 2.91. The molecule has 0 saturated heterocycles. The summed E-state index contributed by atoms with van der Waals surface area (Å²) in [7, 11) is 0. The number of nitrogens with zero attached hydrogens (tertiary/aromatic N) is 2. The maximum absolute atomic E-state index is 11.8. The van der Waals surface area contributed by atoms with Gasteiger partial charge in [0.1, 0.15) is 12.2 Å². The number of para-hydroxylation sites is 1. The SMILES string of the molecule is CC(NC(=O)CCc1ccccc1N)c1ncn[nH]1. The normalized spacial score (nSPS) is 12.1. The first-order valence-electron chi connectivity index (χ1n) is 6.15. The highest BCUT2D eigenvalue weighted by Gasteiger charge is 2.12. The molecule has 0 aliphatic carbocycles. The maximum Gasteiger partial charge on any atom is 0.220 e. The van der Waals surface area contributed by atoms with Crippen LogP contribution in [-0.4, -0.2) is 21.1 Å². The molecule has 6 nitrogen and oxygen atoms in total. The van der Waals surface area contributed by atoms with Crippen LogP contribution in [0.25, 0.3) is 0 Å². The van der Waals surface area contributed by atoms with Gasteiger partial charge < -0.3 is 11.1 Å². The number of benzene rings is 1. The molecular formula is C13H17N5O. The number of carbonyl (C=O) groups is 1. The van der Waals surface area contributed by atoms with Gasteiger partial charge in [0.15, 0.2) is 0 Å². The van der Waals surface area contributed by atoms with E-state index in [1.54, 1.807) is 0 Å². The van der Waals surface area contributed by atoms with Crippen LogP contribution in [0.3, 0.4) is 0 Å². The molecule has 0 radical (unpaired) electrons. The van der Waals surface area contributed by atoms with E-state index >= 15 is 0 Å². The molecule has 1 heterocycles. The minimum Gasteiger partial charge on any atom is -0.399 e. The van der Waals surface area contributed by atoms with Gasteiger partial charge in [-0.15, -0.1) is 0 Å². The number of aromatic amines is 1. The molecule has 1 aromatic heterocycles. The zero-order valence-electron chi connectivity index (χ0n) is 10.8. The number of aryl methyl sites for hydroxylation is 1.